The average Bonchev–Trinajstić information content (AvgIpc) is 2.14. The summed E-state index contributed by atoms with van der Waals surface area (Å²) < 4.78 is 0. The molecule has 4 bridgehead atoms. The fourth-order valence-corrected chi connectivity index (χ4v) is 4.46. The molecule has 0 radical (unpaired) electrons. The fourth-order valence-electron chi connectivity index (χ4n) is 4.46. The van der Waals surface area contributed by atoms with Crippen LogP contribution in [0.25, 0.3) is 0 Å². The van der Waals surface area contributed by atoms with Crippen molar-refractivity contribution in [3.63, 3.8) is 0 Å². The Balaban J connectivity index is 2.04. The maximum Gasteiger partial charge on any atom is 0.0742 e. The van der Waals surface area contributed by atoms with Crippen LogP contribution in [0, 0.1) is 10.8 Å². The van der Waals surface area contributed by atoms with Crippen molar-refractivity contribution in [1.82, 2.24) is 9.80 Å². The zero-order valence-corrected chi connectivity index (χ0v) is 10.2. The third-order valence-corrected chi connectivity index (χ3v) is 4.50. The normalized spacial score (nSPS) is 52.5. The molecule has 4 heteroatoms. The van der Waals surface area contributed by atoms with E-state index in [4.69, 9.17) is 0 Å². The molecule has 4 rings (SSSR count). The van der Waals surface area contributed by atoms with E-state index in [1.54, 1.807) is 0 Å². The van der Waals surface area contributed by atoms with Gasteiger partial charge in [-0.15, -0.1) is 0 Å². The van der Waals surface area contributed by atoms with Gasteiger partial charge in [0.15, 0.2) is 0 Å². The summed E-state index contributed by atoms with van der Waals surface area (Å²) in [5, 5.41) is 13.1. The summed E-state index contributed by atoms with van der Waals surface area (Å²) in [4.78, 5) is 5.05. The van der Waals surface area contributed by atoms with Crippen molar-refractivity contribution in [1.29, 1.82) is 0 Å². The molecule has 0 aromatic heterocycles. The lowest BCUT2D eigenvalue weighted by Gasteiger charge is -2.63. The first-order chi connectivity index (χ1) is 7.62. The predicted molar refractivity (Wildman–Crippen MR) is 62.7 cm³/mol. The highest BCUT2D eigenvalue weighted by Crippen LogP contribution is 2.48. The highest BCUT2D eigenvalue weighted by molar-refractivity contribution is 5.97. The molecule has 0 amide bonds. The molecule has 2 unspecified atom stereocenters. The highest BCUT2D eigenvalue weighted by Gasteiger charge is 2.59. The summed E-state index contributed by atoms with van der Waals surface area (Å²) in [6.45, 7) is 9.89. The maximum atomic E-state index is 9.41. The van der Waals surface area contributed by atoms with E-state index >= 15 is 0 Å². The lowest BCUT2D eigenvalue weighted by atomic mass is 9.60. The van der Waals surface area contributed by atoms with E-state index in [-0.39, 0.29) is 10.8 Å². The summed E-state index contributed by atoms with van der Waals surface area (Å²) >= 11 is 0. The Morgan fingerprint density at radius 3 is 2.38 bits per heavy atom. The van der Waals surface area contributed by atoms with Gasteiger partial charge in [0.05, 0.1) is 12.4 Å². The number of hydrogen-bond acceptors (Lipinski definition) is 4. The molecule has 90 valence electrons. The summed E-state index contributed by atoms with van der Waals surface area (Å²) in [6.07, 6.45) is 2.31. The van der Waals surface area contributed by atoms with Gasteiger partial charge >= 0.3 is 0 Å². The van der Waals surface area contributed by atoms with Crippen molar-refractivity contribution in [2.75, 3.05) is 32.8 Å². The number of rotatable bonds is 2. The number of piperidine rings is 2. The van der Waals surface area contributed by atoms with Gasteiger partial charge in [-0.05, 0) is 6.42 Å². The van der Waals surface area contributed by atoms with Gasteiger partial charge in [-0.25, -0.2) is 0 Å². The fraction of sp³-hybridized carbons (Fsp3) is 0.917. The number of nitrogens with zero attached hydrogens (tertiary/aromatic N) is 3. The van der Waals surface area contributed by atoms with E-state index in [0.29, 0.717) is 0 Å². The molecule has 4 saturated heterocycles. The third-order valence-electron chi connectivity index (χ3n) is 4.50. The van der Waals surface area contributed by atoms with Crippen molar-refractivity contribution in [3.05, 3.63) is 0 Å². The largest absolute Gasteiger partial charge is 0.411 e. The van der Waals surface area contributed by atoms with Gasteiger partial charge < -0.3 is 5.21 Å². The SMILES string of the molecule is CCCC12CN3CN(CC(C)(C3)C1=NO)C2. The van der Waals surface area contributed by atoms with E-state index in [1.807, 2.05) is 0 Å². The standard InChI is InChI=1S/C12H21N3O/c1-3-4-12-7-14-5-11(2,10(12)13-16)6-15(8-12)9-14/h16H,3-9H2,1-2H3. The van der Waals surface area contributed by atoms with Crippen molar-refractivity contribution >= 4 is 5.71 Å². The molecule has 4 heterocycles. The Hall–Kier alpha value is -0.610. The smallest absolute Gasteiger partial charge is 0.0742 e. The molecule has 0 aromatic rings. The molecular weight excluding hydrogens is 202 g/mol. The second-order valence-electron chi connectivity index (χ2n) is 6.16. The van der Waals surface area contributed by atoms with Crippen LogP contribution >= 0.6 is 0 Å². The highest BCUT2D eigenvalue weighted by atomic mass is 16.4. The minimum absolute atomic E-state index is 0.0820. The molecule has 2 atom stereocenters. The molecule has 16 heavy (non-hydrogen) atoms. The van der Waals surface area contributed by atoms with Gasteiger partial charge in [-0.3, -0.25) is 9.80 Å². The van der Waals surface area contributed by atoms with Gasteiger partial charge in [-0.1, -0.05) is 25.4 Å². The first kappa shape index (κ1) is 10.5. The molecule has 0 spiro atoms. The van der Waals surface area contributed by atoms with Gasteiger partial charge in [0.25, 0.3) is 0 Å². The van der Waals surface area contributed by atoms with Crippen LogP contribution in [0.5, 0.6) is 0 Å². The van der Waals surface area contributed by atoms with E-state index in [2.05, 4.69) is 28.8 Å². The first-order valence-electron chi connectivity index (χ1n) is 6.30. The summed E-state index contributed by atoms with van der Waals surface area (Å²) in [7, 11) is 0. The van der Waals surface area contributed by atoms with E-state index < -0.39 is 0 Å². The van der Waals surface area contributed by atoms with E-state index in [0.717, 1.165) is 51.4 Å². The van der Waals surface area contributed by atoms with Crippen LogP contribution < -0.4 is 0 Å². The topological polar surface area (TPSA) is 39.1 Å². The van der Waals surface area contributed by atoms with Crippen LogP contribution in [0.15, 0.2) is 5.16 Å². The molecule has 4 aliphatic heterocycles. The molecule has 0 aliphatic carbocycles. The van der Waals surface area contributed by atoms with Crippen LogP contribution in [0.4, 0.5) is 0 Å². The molecule has 0 aromatic carbocycles. The van der Waals surface area contributed by atoms with Crippen LogP contribution in [0.2, 0.25) is 0 Å². The molecule has 4 aliphatic rings. The molecule has 4 nitrogen and oxygen atoms in total. The molecule has 1 N–H and O–H groups in total. The summed E-state index contributed by atoms with van der Waals surface area (Å²) in [5.41, 5.74) is 1.29. The van der Waals surface area contributed by atoms with E-state index in [9.17, 15) is 5.21 Å². The van der Waals surface area contributed by atoms with Gasteiger partial charge in [0.2, 0.25) is 0 Å². The lowest BCUT2D eigenvalue weighted by Crippen LogP contribution is -2.75. The Morgan fingerprint density at radius 2 is 1.88 bits per heavy atom. The Bertz CT molecular complexity index is 325. The number of hydrogen-bond donors (Lipinski definition) is 1. The lowest BCUT2D eigenvalue weighted by molar-refractivity contribution is -0.0840. The predicted octanol–water partition coefficient (Wildman–Crippen LogP) is 1.21. The van der Waals surface area contributed by atoms with Gasteiger partial charge in [0, 0.05) is 37.0 Å². The third kappa shape index (κ3) is 1.20. The minimum Gasteiger partial charge on any atom is -0.411 e. The molecule has 0 saturated carbocycles. The maximum absolute atomic E-state index is 9.41. The molecular formula is C12H21N3O. The van der Waals surface area contributed by atoms with Crippen LogP contribution in [0.1, 0.15) is 26.7 Å². The number of oxime groups is 1. The second-order valence-corrected chi connectivity index (χ2v) is 6.16. The van der Waals surface area contributed by atoms with E-state index in [1.165, 1.54) is 0 Å². The van der Waals surface area contributed by atoms with Crippen molar-refractivity contribution in [2.24, 2.45) is 16.0 Å². The van der Waals surface area contributed by atoms with Crippen molar-refractivity contribution in [3.8, 4) is 0 Å². The van der Waals surface area contributed by atoms with Crippen molar-refractivity contribution in [2.45, 2.75) is 26.7 Å². The average molecular weight is 223 g/mol. The monoisotopic (exact) mass is 223 g/mol. The first-order valence-corrected chi connectivity index (χ1v) is 6.30. The van der Waals surface area contributed by atoms with Crippen molar-refractivity contribution < 1.29 is 5.21 Å². The Labute approximate surface area is 96.9 Å². The Morgan fingerprint density at radius 1 is 1.25 bits per heavy atom. The summed E-state index contributed by atoms with van der Waals surface area (Å²) in [6, 6.07) is 0. The van der Waals surface area contributed by atoms with Crippen LogP contribution in [0.3, 0.4) is 0 Å². The summed E-state index contributed by atoms with van der Waals surface area (Å²) in [5.74, 6) is 0. The molecule has 4 fully saturated rings. The van der Waals surface area contributed by atoms with Crippen LogP contribution in [-0.2, 0) is 0 Å². The second kappa shape index (κ2) is 3.20. The Kier molecular flexibility index (Phi) is 2.11. The zero-order chi connectivity index (χ0) is 11.4. The minimum atomic E-state index is 0.0820. The van der Waals surface area contributed by atoms with Crippen LogP contribution in [-0.4, -0.2) is 53.6 Å². The van der Waals surface area contributed by atoms with Gasteiger partial charge in [-0.2, -0.15) is 0 Å². The zero-order valence-electron chi connectivity index (χ0n) is 10.2. The van der Waals surface area contributed by atoms with Gasteiger partial charge in [0.1, 0.15) is 0 Å². The quantitative estimate of drug-likeness (QED) is 0.565.